The first kappa shape index (κ1) is 17.3. The molecule has 4 aromatic rings. The van der Waals surface area contributed by atoms with Crippen LogP contribution in [0.2, 0.25) is 0 Å². The lowest BCUT2D eigenvalue weighted by Gasteiger charge is -2.05. The number of hydrogen-bond donors (Lipinski definition) is 1. The molecule has 29 heavy (non-hydrogen) atoms. The molecule has 3 aromatic carbocycles. The molecular weight excluding hydrogens is 372 g/mol. The second-order valence-electron chi connectivity index (χ2n) is 6.71. The zero-order valence-electron chi connectivity index (χ0n) is 15.2. The summed E-state index contributed by atoms with van der Waals surface area (Å²) in [6.07, 6.45) is 1.75. The summed E-state index contributed by atoms with van der Waals surface area (Å²) in [6.45, 7) is 0.269. The fourth-order valence-electron chi connectivity index (χ4n) is 3.41. The van der Waals surface area contributed by atoms with Gasteiger partial charge in [0, 0.05) is 28.2 Å². The SMILES string of the molecule is Fc1ccc2c(c1)/C(=N\OCc1ccccc1)C(c1c[nH]c3ccc(F)cc13)=N2. The first-order valence-electron chi connectivity index (χ1n) is 9.09. The lowest BCUT2D eigenvalue weighted by atomic mass is 10.0. The van der Waals surface area contributed by atoms with E-state index in [1.165, 1.54) is 24.3 Å². The number of halogens is 2. The van der Waals surface area contributed by atoms with Gasteiger partial charge in [-0.15, -0.1) is 0 Å². The van der Waals surface area contributed by atoms with Gasteiger partial charge in [0.15, 0.2) is 0 Å². The van der Waals surface area contributed by atoms with Crippen LogP contribution >= 0.6 is 0 Å². The van der Waals surface area contributed by atoms with Crippen LogP contribution in [0.3, 0.4) is 0 Å². The fourth-order valence-corrected chi connectivity index (χ4v) is 3.41. The smallest absolute Gasteiger partial charge is 0.142 e. The first-order valence-corrected chi connectivity index (χ1v) is 9.09. The number of aliphatic imine (C=N–C) groups is 1. The van der Waals surface area contributed by atoms with Crippen LogP contribution in [0.1, 0.15) is 16.7 Å². The van der Waals surface area contributed by atoms with Crippen molar-refractivity contribution in [3.8, 4) is 0 Å². The second kappa shape index (κ2) is 6.98. The molecule has 0 saturated carbocycles. The number of fused-ring (bicyclic) bond motifs is 2. The third kappa shape index (κ3) is 3.18. The van der Waals surface area contributed by atoms with E-state index in [9.17, 15) is 8.78 Å². The summed E-state index contributed by atoms with van der Waals surface area (Å²) in [5.41, 5.74) is 4.47. The molecule has 0 bridgehead atoms. The molecule has 142 valence electrons. The molecule has 0 aliphatic carbocycles. The van der Waals surface area contributed by atoms with Crippen LogP contribution in [-0.2, 0) is 11.4 Å². The average Bonchev–Trinajstić information content (AvgIpc) is 3.29. The van der Waals surface area contributed by atoms with Gasteiger partial charge >= 0.3 is 0 Å². The highest BCUT2D eigenvalue weighted by atomic mass is 19.1. The number of rotatable bonds is 4. The lowest BCUT2D eigenvalue weighted by molar-refractivity contribution is 0.131. The highest BCUT2D eigenvalue weighted by molar-refractivity contribution is 6.58. The van der Waals surface area contributed by atoms with E-state index in [2.05, 4.69) is 15.1 Å². The van der Waals surface area contributed by atoms with Gasteiger partial charge in [-0.25, -0.2) is 13.8 Å². The van der Waals surface area contributed by atoms with Crippen molar-refractivity contribution >= 4 is 28.0 Å². The van der Waals surface area contributed by atoms with Crippen LogP contribution in [0.5, 0.6) is 0 Å². The maximum atomic E-state index is 13.9. The standard InChI is InChI=1S/C23H15F2N3O/c24-15-6-8-20-17(10-15)19(12-26-20)22-23(18-11-16(25)7-9-21(18)27-22)28-29-13-14-4-2-1-3-5-14/h1-12,26H,13H2/b28-23+. The van der Waals surface area contributed by atoms with Crippen molar-refractivity contribution < 1.29 is 13.6 Å². The molecule has 1 aromatic heterocycles. The molecule has 6 heteroatoms. The molecule has 1 aliphatic rings. The van der Waals surface area contributed by atoms with E-state index in [-0.39, 0.29) is 18.2 Å². The Morgan fingerprint density at radius 3 is 2.55 bits per heavy atom. The fraction of sp³-hybridized carbons (Fsp3) is 0.0435. The number of nitrogens with zero attached hydrogens (tertiary/aromatic N) is 2. The molecule has 0 atom stereocenters. The summed E-state index contributed by atoms with van der Waals surface area (Å²) < 4.78 is 27.7. The molecule has 0 saturated heterocycles. The number of aromatic nitrogens is 1. The average molecular weight is 387 g/mol. The third-order valence-electron chi connectivity index (χ3n) is 4.80. The van der Waals surface area contributed by atoms with Gasteiger partial charge in [0.25, 0.3) is 0 Å². The summed E-state index contributed by atoms with van der Waals surface area (Å²) in [4.78, 5) is 13.3. The number of oxime groups is 1. The second-order valence-corrected chi connectivity index (χ2v) is 6.71. The first-order chi connectivity index (χ1) is 14.2. The van der Waals surface area contributed by atoms with Crippen LogP contribution in [0.25, 0.3) is 10.9 Å². The van der Waals surface area contributed by atoms with Crippen molar-refractivity contribution in [1.82, 2.24) is 4.98 Å². The summed E-state index contributed by atoms with van der Waals surface area (Å²) >= 11 is 0. The Balaban J connectivity index is 1.57. The molecule has 5 rings (SSSR count). The van der Waals surface area contributed by atoms with Gasteiger partial charge in [0.1, 0.15) is 29.7 Å². The molecule has 0 radical (unpaired) electrons. The summed E-state index contributed by atoms with van der Waals surface area (Å²) in [7, 11) is 0. The minimum absolute atomic E-state index is 0.269. The van der Waals surface area contributed by atoms with Gasteiger partial charge in [0.2, 0.25) is 0 Å². The van der Waals surface area contributed by atoms with Crippen molar-refractivity contribution in [3.05, 3.63) is 101 Å². The van der Waals surface area contributed by atoms with E-state index < -0.39 is 0 Å². The molecule has 0 unspecified atom stereocenters. The number of hydrogen-bond acceptors (Lipinski definition) is 3. The van der Waals surface area contributed by atoms with E-state index in [1.54, 1.807) is 18.3 Å². The largest absolute Gasteiger partial charge is 0.390 e. The zero-order valence-corrected chi connectivity index (χ0v) is 15.2. The van der Waals surface area contributed by atoms with Gasteiger partial charge in [-0.05, 0) is 42.0 Å². The summed E-state index contributed by atoms with van der Waals surface area (Å²) in [5, 5.41) is 4.95. The summed E-state index contributed by atoms with van der Waals surface area (Å²) in [5.74, 6) is -0.736. The van der Waals surface area contributed by atoms with Gasteiger partial charge in [-0.1, -0.05) is 35.5 Å². The number of H-pyrrole nitrogens is 1. The van der Waals surface area contributed by atoms with Crippen molar-refractivity contribution in [3.63, 3.8) is 0 Å². The minimum Gasteiger partial charge on any atom is -0.390 e. The summed E-state index contributed by atoms with van der Waals surface area (Å²) in [6, 6.07) is 18.4. The van der Waals surface area contributed by atoms with Crippen molar-refractivity contribution in [2.24, 2.45) is 10.1 Å². The third-order valence-corrected chi connectivity index (χ3v) is 4.80. The quantitative estimate of drug-likeness (QED) is 0.462. The van der Waals surface area contributed by atoms with Gasteiger partial charge in [0.05, 0.1) is 5.69 Å². The van der Waals surface area contributed by atoms with Crippen LogP contribution in [0, 0.1) is 11.6 Å². The topological polar surface area (TPSA) is 49.7 Å². The van der Waals surface area contributed by atoms with E-state index in [1.807, 2.05) is 30.3 Å². The maximum absolute atomic E-state index is 13.9. The van der Waals surface area contributed by atoms with Gasteiger partial charge < -0.3 is 9.82 Å². The Morgan fingerprint density at radius 2 is 1.69 bits per heavy atom. The highest BCUT2D eigenvalue weighted by Gasteiger charge is 2.27. The van der Waals surface area contributed by atoms with Crippen LogP contribution in [0.15, 0.2) is 83.1 Å². The van der Waals surface area contributed by atoms with E-state index in [4.69, 9.17) is 4.84 Å². The zero-order chi connectivity index (χ0) is 19.8. The molecule has 1 aliphatic heterocycles. The number of aromatic amines is 1. The molecule has 0 amide bonds. The van der Waals surface area contributed by atoms with Crippen molar-refractivity contribution in [1.29, 1.82) is 0 Å². The lowest BCUT2D eigenvalue weighted by Crippen LogP contribution is -2.13. The van der Waals surface area contributed by atoms with Crippen molar-refractivity contribution in [2.45, 2.75) is 6.61 Å². The van der Waals surface area contributed by atoms with E-state index in [0.717, 1.165) is 11.1 Å². The Kier molecular flexibility index (Phi) is 4.17. The van der Waals surface area contributed by atoms with E-state index >= 15 is 0 Å². The van der Waals surface area contributed by atoms with Crippen LogP contribution in [0.4, 0.5) is 14.5 Å². The molecule has 0 spiro atoms. The van der Waals surface area contributed by atoms with Gasteiger partial charge in [-0.3, -0.25) is 0 Å². The predicted octanol–water partition coefficient (Wildman–Crippen LogP) is 5.50. The minimum atomic E-state index is -0.388. The normalized spacial score (nSPS) is 14.3. The Morgan fingerprint density at radius 1 is 0.897 bits per heavy atom. The molecular formula is C23H15F2N3O. The van der Waals surface area contributed by atoms with Crippen molar-refractivity contribution in [2.75, 3.05) is 0 Å². The molecule has 2 heterocycles. The maximum Gasteiger partial charge on any atom is 0.142 e. The number of nitrogens with one attached hydrogen (secondary N) is 1. The van der Waals surface area contributed by atoms with Crippen LogP contribution in [-0.4, -0.2) is 16.4 Å². The Bertz CT molecular complexity index is 1280. The Labute approximate surface area is 165 Å². The monoisotopic (exact) mass is 387 g/mol. The predicted molar refractivity (Wildman–Crippen MR) is 109 cm³/mol. The van der Waals surface area contributed by atoms with E-state index in [0.29, 0.717) is 33.6 Å². The number of benzene rings is 3. The van der Waals surface area contributed by atoms with Gasteiger partial charge in [-0.2, -0.15) is 0 Å². The molecule has 1 N–H and O–H groups in total. The Hall–Kier alpha value is -3.80. The molecule has 0 fully saturated rings. The van der Waals surface area contributed by atoms with Crippen LogP contribution < -0.4 is 0 Å². The molecule has 4 nitrogen and oxygen atoms in total. The highest BCUT2D eigenvalue weighted by Crippen LogP contribution is 2.32.